The quantitative estimate of drug-likeness (QED) is 0.0494. The number of rotatable bonds is 40. The zero-order valence-electron chi connectivity index (χ0n) is 38.3. The maximum Gasteiger partial charge on any atom is 0.203 e. The summed E-state index contributed by atoms with van der Waals surface area (Å²) in [6.45, 7) is 10.9. The van der Waals surface area contributed by atoms with Gasteiger partial charge in [0.25, 0.3) is 0 Å². The van der Waals surface area contributed by atoms with E-state index >= 15 is 0 Å². The van der Waals surface area contributed by atoms with Crippen LogP contribution in [0.4, 0.5) is 0 Å². The Morgan fingerprint density at radius 1 is 0.368 bits per heavy atom. The monoisotopic (exact) mass is 858 g/mol. The third-order valence-corrected chi connectivity index (χ3v) is 11.4. The lowest BCUT2D eigenvalue weighted by Crippen LogP contribution is -3.00. The maximum atomic E-state index is 6.67. The topological polar surface area (TPSA) is 27.7 Å². The summed E-state index contributed by atoms with van der Waals surface area (Å²) in [5, 5.41) is 0. The van der Waals surface area contributed by atoms with Gasteiger partial charge in [-0.3, -0.25) is 0 Å². The van der Waals surface area contributed by atoms with Crippen LogP contribution >= 0.6 is 0 Å². The van der Waals surface area contributed by atoms with Crippen LogP contribution in [0.5, 0.6) is 17.2 Å². The number of hydrogen-bond donors (Lipinski definition) is 0. The predicted molar refractivity (Wildman–Crippen MR) is 244 cm³/mol. The molecule has 0 aliphatic carbocycles. The zero-order valence-corrected chi connectivity index (χ0v) is 39.9. The molecule has 2 rings (SSSR count). The Morgan fingerprint density at radius 3 is 1.02 bits per heavy atom. The third-order valence-electron chi connectivity index (χ3n) is 11.4. The van der Waals surface area contributed by atoms with Gasteiger partial charge in [0, 0.05) is 11.1 Å². The lowest BCUT2D eigenvalue weighted by molar-refractivity contribution is -0.916. The number of quaternary nitrogens is 1. The minimum atomic E-state index is 0. The number of unbranched alkanes of at least 4 members (excludes halogenated alkanes) is 27. The molecule has 0 unspecified atom stereocenters. The highest BCUT2D eigenvalue weighted by Gasteiger charge is 2.22. The molecule has 2 aromatic carbocycles. The summed E-state index contributed by atoms with van der Waals surface area (Å²) in [5.74, 6) is 2.59. The van der Waals surface area contributed by atoms with Crippen molar-refractivity contribution in [1.29, 1.82) is 0 Å². The summed E-state index contributed by atoms with van der Waals surface area (Å²) < 4.78 is 20.9. The molecule has 5 heteroatoms. The van der Waals surface area contributed by atoms with Crippen LogP contribution in [-0.2, 0) is 13.1 Å². The van der Waals surface area contributed by atoms with E-state index in [1.165, 1.54) is 184 Å². The summed E-state index contributed by atoms with van der Waals surface area (Å²) in [7, 11) is 4.66. The largest absolute Gasteiger partial charge is 1.00 e. The van der Waals surface area contributed by atoms with Crippen molar-refractivity contribution in [2.24, 2.45) is 0 Å². The van der Waals surface area contributed by atoms with Gasteiger partial charge in [0.1, 0.15) is 13.1 Å². The van der Waals surface area contributed by atoms with E-state index in [-0.39, 0.29) is 17.0 Å². The molecule has 0 aromatic heterocycles. The predicted octanol–water partition coefficient (Wildman–Crippen LogP) is 13.4. The average molecular weight is 859 g/mol. The third kappa shape index (κ3) is 29.2. The summed E-state index contributed by atoms with van der Waals surface area (Å²) in [6.07, 6.45) is 39.7. The van der Waals surface area contributed by atoms with Crippen molar-refractivity contribution in [3.63, 3.8) is 0 Å². The number of halogens is 1. The van der Waals surface area contributed by atoms with Crippen LogP contribution in [0.2, 0.25) is 0 Å². The Kier molecular flexibility index (Phi) is 34.9. The minimum absolute atomic E-state index is 0. The van der Waals surface area contributed by atoms with Gasteiger partial charge in [-0.1, -0.05) is 224 Å². The molecule has 0 aliphatic rings. The zero-order chi connectivity index (χ0) is 40.2. The van der Waals surface area contributed by atoms with Crippen LogP contribution < -0.4 is 31.2 Å². The van der Waals surface area contributed by atoms with Crippen molar-refractivity contribution in [1.82, 2.24) is 0 Å². The maximum absolute atomic E-state index is 6.67. The molecule has 0 spiro atoms. The highest BCUT2D eigenvalue weighted by atomic mass is 79.9. The first-order valence-corrected chi connectivity index (χ1v) is 24.4. The van der Waals surface area contributed by atoms with E-state index in [1.807, 2.05) is 0 Å². The van der Waals surface area contributed by atoms with Gasteiger partial charge in [-0.2, -0.15) is 0 Å². The van der Waals surface area contributed by atoms with E-state index in [1.54, 1.807) is 0 Å². The molecule has 330 valence electrons. The van der Waals surface area contributed by atoms with Gasteiger partial charge in [0.2, 0.25) is 5.75 Å². The fraction of sp³-hybridized carbons (Fsp3) is 0.769. The van der Waals surface area contributed by atoms with Gasteiger partial charge in [0.05, 0.1) is 33.9 Å². The summed E-state index contributed by atoms with van der Waals surface area (Å²) >= 11 is 0. The standard InChI is InChI=1S/C52H92NO3.BrH/c1-6-9-12-15-18-21-24-27-30-36-41-54-50-44-49(47-53(4,5)46-48-39-34-33-35-40-48)45-51(55-42-37-31-28-25-22-19-16-13-10-7-2)52(50)56-43-38-32-29-26-23-20-17-14-11-8-3;/h33-35,39-40,44-45H,6-32,36-38,41-43,46-47H2,1-5H3;1H/q+1;/p-1. The molecule has 0 saturated heterocycles. The number of ether oxygens (including phenoxy) is 3. The molecule has 0 heterocycles. The molecule has 0 radical (unpaired) electrons. The van der Waals surface area contributed by atoms with Crippen LogP contribution in [0.15, 0.2) is 42.5 Å². The molecule has 0 N–H and O–H groups in total. The summed E-state index contributed by atoms with van der Waals surface area (Å²) in [4.78, 5) is 0. The van der Waals surface area contributed by atoms with Gasteiger partial charge < -0.3 is 35.7 Å². The second-order valence-electron chi connectivity index (χ2n) is 17.8. The van der Waals surface area contributed by atoms with Gasteiger partial charge >= 0.3 is 0 Å². The molecule has 0 atom stereocenters. The Bertz CT molecular complexity index is 1110. The highest BCUT2D eigenvalue weighted by molar-refractivity contribution is 5.54. The van der Waals surface area contributed by atoms with E-state index in [0.29, 0.717) is 6.61 Å². The van der Waals surface area contributed by atoms with Crippen molar-refractivity contribution >= 4 is 0 Å². The summed E-state index contributed by atoms with van der Waals surface area (Å²) in [5.41, 5.74) is 2.62. The van der Waals surface area contributed by atoms with Gasteiger partial charge in [-0.25, -0.2) is 0 Å². The van der Waals surface area contributed by atoms with Crippen molar-refractivity contribution in [2.45, 2.75) is 226 Å². The van der Waals surface area contributed by atoms with Crippen molar-refractivity contribution < 1.29 is 35.7 Å². The van der Waals surface area contributed by atoms with E-state index in [2.05, 4.69) is 77.3 Å². The number of nitrogens with zero attached hydrogens (tertiary/aromatic N) is 1. The molecule has 0 bridgehead atoms. The molecule has 0 amide bonds. The fourth-order valence-electron chi connectivity index (χ4n) is 8.01. The molecule has 4 nitrogen and oxygen atoms in total. The molecule has 0 fully saturated rings. The second kappa shape index (κ2) is 37.3. The van der Waals surface area contributed by atoms with Gasteiger partial charge in [-0.15, -0.1) is 0 Å². The number of benzene rings is 2. The van der Waals surface area contributed by atoms with E-state index in [9.17, 15) is 0 Å². The van der Waals surface area contributed by atoms with Gasteiger partial charge in [0.15, 0.2) is 11.5 Å². The molecular weight excluding hydrogens is 766 g/mol. The smallest absolute Gasteiger partial charge is 0.203 e. The normalized spacial score (nSPS) is 11.5. The number of hydrogen-bond acceptors (Lipinski definition) is 3. The second-order valence-corrected chi connectivity index (χ2v) is 17.8. The van der Waals surface area contributed by atoms with E-state index in [0.717, 1.165) is 67.3 Å². The lowest BCUT2D eigenvalue weighted by Gasteiger charge is -2.30. The van der Waals surface area contributed by atoms with Crippen molar-refractivity contribution in [2.75, 3.05) is 33.9 Å². The lowest BCUT2D eigenvalue weighted by atomic mass is 10.1. The van der Waals surface area contributed by atoms with Gasteiger partial charge in [-0.05, 0) is 31.4 Å². The van der Waals surface area contributed by atoms with Crippen LogP contribution in [-0.4, -0.2) is 38.4 Å². The first kappa shape index (κ1) is 53.3. The molecule has 0 saturated carbocycles. The van der Waals surface area contributed by atoms with Crippen LogP contribution in [0.25, 0.3) is 0 Å². The average Bonchev–Trinajstić information content (AvgIpc) is 3.18. The molecule has 2 aromatic rings. The Hall–Kier alpha value is -1.72. The van der Waals surface area contributed by atoms with Crippen LogP contribution in [0.3, 0.4) is 0 Å². The Balaban J connectivity index is 0.0000162. The van der Waals surface area contributed by atoms with Crippen molar-refractivity contribution in [3.8, 4) is 17.2 Å². The SMILES string of the molecule is CCCCCCCCCCCCOc1cc(C[N+](C)(C)Cc2ccccc2)cc(OCCCCCCCCCCCC)c1OCCCCCCCCCCCC.[Br-]. The molecular formula is C52H92BrNO3. The fourth-order valence-corrected chi connectivity index (χ4v) is 8.01. The first-order chi connectivity index (χ1) is 27.5. The van der Waals surface area contributed by atoms with E-state index < -0.39 is 0 Å². The minimum Gasteiger partial charge on any atom is -1.00 e. The molecule has 57 heavy (non-hydrogen) atoms. The highest BCUT2D eigenvalue weighted by Crippen LogP contribution is 2.40. The Labute approximate surface area is 365 Å². The Morgan fingerprint density at radius 2 is 0.667 bits per heavy atom. The molecule has 0 aliphatic heterocycles. The summed E-state index contributed by atoms with van der Waals surface area (Å²) in [6, 6.07) is 15.4. The van der Waals surface area contributed by atoms with Crippen molar-refractivity contribution in [3.05, 3.63) is 53.6 Å². The van der Waals surface area contributed by atoms with Crippen LogP contribution in [0, 0.1) is 0 Å². The van der Waals surface area contributed by atoms with E-state index in [4.69, 9.17) is 14.2 Å². The first-order valence-electron chi connectivity index (χ1n) is 24.4. The van der Waals surface area contributed by atoms with Crippen LogP contribution in [0.1, 0.15) is 225 Å².